The van der Waals surface area contributed by atoms with Gasteiger partial charge in [0.25, 0.3) is 0 Å². The molecule has 1 N–H and O–H groups in total. The number of nitrogens with one attached hydrogen (secondary N) is 1. The van der Waals surface area contributed by atoms with E-state index in [1.54, 1.807) is 0 Å². The molecule has 0 bridgehead atoms. The van der Waals surface area contributed by atoms with Crippen molar-refractivity contribution in [3.05, 3.63) is 52.8 Å². The Kier molecular flexibility index (Phi) is 3.82. The molecule has 1 aromatic carbocycles. The highest BCUT2D eigenvalue weighted by Gasteiger charge is 2.15. The first kappa shape index (κ1) is 12.1. The Balaban J connectivity index is 2.35. The number of benzene rings is 1. The van der Waals surface area contributed by atoms with Gasteiger partial charge in [0.05, 0.1) is 11.7 Å². The van der Waals surface area contributed by atoms with Gasteiger partial charge in [-0.15, -0.1) is 0 Å². The van der Waals surface area contributed by atoms with Crippen molar-refractivity contribution in [1.82, 2.24) is 15.1 Å². The second-order valence-electron chi connectivity index (χ2n) is 3.92. The van der Waals surface area contributed by atoms with Gasteiger partial charge in [0, 0.05) is 18.3 Å². The molecule has 1 atom stereocenters. The molecular formula is C13H16ClN3. The Morgan fingerprint density at radius 3 is 2.53 bits per heavy atom. The van der Waals surface area contributed by atoms with Gasteiger partial charge in [0.15, 0.2) is 0 Å². The average molecular weight is 250 g/mol. The van der Waals surface area contributed by atoms with E-state index in [2.05, 4.69) is 17.3 Å². The first-order chi connectivity index (χ1) is 8.22. The summed E-state index contributed by atoms with van der Waals surface area (Å²) in [6.45, 7) is 3.00. The Bertz CT molecular complexity index is 476. The monoisotopic (exact) mass is 249 g/mol. The molecule has 0 amide bonds. The summed E-state index contributed by atoms with van der Waals surface area (Å²) in [4.78, 5) is 0. The minimum atomic E-state index is 0.157. The zero-order valence-corrected chi connectivity index (χ0v) is 10.8. The average Bonchev–Trinajstić information content (AvgIpc) is 2.74. The minimum absolute atomic E-state index is 0.157. The van der Waals surface area contributed by atoms with Crippen molar-refractivity contribution < 1.29 is 0 Å². The van der Waals surface area contributed by atoms with Gasteiger partial charge in [-0.2, -0.15) is 5.10 Å². The van der Waals surface area contributed by atoms with Crippen molar-refractivity contribution >= 4 is 11.6 Å². The van der Waals surface area contributed by atoms with Crippen LogP contribution in [0.15, 0.2) is 36.5 Å². The maximum Gasteiger partial charge on any atom is 0.0748 e. The van der Waals surface area contributed by atoms with Crippen LogP contribution >= 0.6 is 11.6 Å². The third-order valence-electron chi connectivity index (χ3n) is 2.77. The SMILES string of the molecule is CCNC(c1ccc(Cl)cc1)c1ccnn1C. The van der Waals surface area contributed by atoms with E-state index in [9.17, 15) is 0 Å². The van der Waals surface area contributed by atoms with E-state index < -0.39 is 0 Å². The molecule has 0 aliphatic carbocycles. The second kappa shape index (κ2) is 5.34. The highest BCUT2D eigenvalue weighted by atomic mass is 35.5. The lowest BCUT2D eigenvalue weighted by atomic mass is 10.0. The van der Waals surface area contributed by atoms with Gasteiger partial charge in [-0.05, 0) is 30.3 Å². The molecule has 2 rings (SSSR count). The van der Waals surface area contributed by atoms with E-state index in [0.29, 0.717) is 0 Å². The Labute approximate surface area is 106 Å². The number of aromatic nitrogens is 2. The highest BCUT2D eigenvalue weighted by Crippen LogP contribution is 2.22. The number of hydrogen-bond acceptors (Lipinski definition) is 2. The standard InChI is InChI=1S/C13H16ClN3/c1-3-15-13(12-8-9-16-17(12)2)10-4-6-11(14)7-5-10/h4-9,13,15H,3H2,1-2H3. The van der Waals surface area contributed by atoms with Crippen LogP contribution in [0.3, 0.4) is 0 Å². The molecule has 0 saturated carbocycles. The molecular weight excluding hydrogens is 234 g/mol. The Hall–Kier alpha value is -1.32. The summed E-state index contributed by atoms with van der Waals surface area (Å²) in [7, 11) is 1.95. The van der Waals surface area contributed by atoms with Gasteiger partial charge >= 0.3 is 0 Å². The normalized spacial score (nSPS) is 12.6. The van der Waals surface area contributed by atoms with E-state index in [0.717, 1.165) is 17.3 Å². The quantitative estimate of drug-likeness (QED) is 0.903. The number of aryl methyl sites for hydroxylation is 1. The van der Waals surface area contributed by atoms with E-state index in [1.165, 1.54) is 5.56 Å². The van der Waals surface area contributed by atoms with Crippen LogP contribution in [-0.4, -0.2) is 16.3 Å². The fraction of sp³-hybridized carbons (Fsp3) is 0.308. The molecule has 17 heavy (non-hydrogen) atoms. The molecule has 3 nitrogen and oxygen atoms in total. The maximum absolute atomic E-state index is 5.91. The van der Waals surface area contributed by atoms with Gasteiger partial charge in [-0.25, -0.2) is 0 Å². The lowest BCUT2D eigenvalue weighted by Gasteiger charge is -2.18. The number of hydrogen-bond donors (Lipinski definition) is 1. The van der Waals surface area contributed by atoms with Crippen LogP contribution in [0.4, 0.5) is 0 Å². The summed E-state index contributed by atoms with van der Waals surface area (Å²) in [5, 5.41) is 8.43. The van der Waals surface area contributed by atoms with Crippen LogP contribution in [-0.2, 0) is 7.05 Å². The van der Waals surface area contributed by atoms with E-state index in [4.69, 9.17) is 11.6 Å². The van der Waals surface area contributed by atoms with Gasteiger partial charge in [0.2, 0.25) is 0 Å². The first-order valence-electron chi connectivity index (χ1n) is 5.69. The smallest absolute Gasteiger partial charge is 0.0748 e. The topological polar surface area (TPSA) is 29.9 Å². The molecule has 2 aromatic rings. The van der Waals surface area contributed by atoms with Crippen LogP contribution in [0.25, 0.3) is 0 Å². The molecule has 0 radical (unpaired) electrons. The third kappa shape index (κ3) is 2.68. The molecule has 0 saturated heterocycles. The highest BCUT2D eigenvalue weighted by molar-refractivity contribution is 6.30. The summed E-state index contributed by atoms with van der Waals surface area (Å²) in [5.74, 6) is 0. The van der Waals surface area contributed by atoms with E-state index in [1.807, 2.05) is 48.3 Å². The van der Waals surface area contributed by atoms with E-state index in [-0.39, 0.29) is 6.04 Å². The predicted octanol–water partition coefficient (Wildman–Crippen LogP) is 2.77. The van der Waals surface area contributed by atoms with Crippen LogP contribution < -0.4 is 5.32 Å². The lowest BCUT2D eigenvalue weighted by Crippen LogP contribution is -2.24. The van der Waals surface area contributed by atoms with Crippen molar-refractivity contribution in [2.24, 2.45) is 7.05 Å². The maximum atomic E-state index is 5.91. The van der Waals surface area contributed by atoms with Crippen LogP contribution in [0.5, 0.6) is 0 Å². The molecule has 1 heterocycles. The summed E-state index contributed by atoms with van der Waals surface area (Å²) in [6, 6.07) is 10.1. The molecule has 0 aliphatic heterocycles. The largest absolute Gasteiger partial charge is 0.305 e. The molecule has 1 aromatic heterocycles. The van der Waals surface area contributed by atoms with Gasteiger partial charge in [0.1, 0.15) is 0 Å². The van der Waals surface area contributed by atoms with Crippen LogP contribution in [0.2, 0.25) is 5.02 Å². The summed E-state index contributed by atoms with van der Waals surface area (Å²) >= 11 is 5.91. The number of halogens is 1. The van der Waals surface area contributed by atoms with Gasteiger partial charge < -0.3 is 5.32 Å². The Morgan fingerprint density at radius 1 is 1.29 bits per heavy atom. The number of nitrogens with zero attached hydrogens (tertiary/aromatic N) is 2. The van der Waals surface area contributed by atoms with E-state index >= 15 is 0 Å². The Morgan fingerprint density at radius 2 is 2.00 bits per heavy atom. The van der Waals surface area contributed by atoms with Crippen molar-refractivity contribution in [2.75, 3.05) is 6.54 Å². The zero-order valence-electron chi connectivity index (χ0n) is 10.0. The van der Waals surface area contributed by atoms with Crippen molar-refractivity contribution in [3.63, 3.8) is 0 Å². The summed E-state index contributed by atoms with van der Waals surface area (Å²) < 4.78 is 1.89. The minimum Gasteiger partial charge on any atom is -0.305 e. The molecule has 90 valence electrons. The zero-order chi connectivity index (χ0) is 12.3. The summed E-state index contributed by atoms with van der Waals surface area (Å²) in [6.07, 6.45) is 1.82. The molecule has 0 fully saturated rings. The fourth-order valence-corrected chi connectivity index (χ4v) is 2.05. The van der Waals surface area contributed by atoms with Crippen LogP contribution in [0.1, 0.15) is 24.2 Å². The third-order valence-corrected chi connectivity index (χ3v) is 3.02. The van der Waals surface area contributed by atoms with Crippen molar-refractivity contribution in [3.8, 4) is 0 Å². The molecule has 4 heteroatoms. The number of rotatable bonds is 4. The predicted molar refractivity (Wildman–Crippen MR) is 70.2 cm³/mol. The second-order valence-corrected chi connectivity index (χ2v) is 4.36. The lowest BCUT2D eigenvalue weighted by molar-refractivity contribution is 0.573. The van der Waals surface area contributed by atoms with Crippen molar-refractivity contribution in [2.45, 2.75) is 13.0 Å². The molecule has 1 unspecified atom stereocenters. The van der Waals surface area contributed by atoms with Crippen molar-refractivity contribution in [1.29, 1.82) is 0 Å². The summed E-state index contributed by atoms with van der Waals surface area (Å²) in [5.41, 5.74) is 2.34. The van der Waals surface area contributed by atoms with Gasteiger partial charge in [-0.3, -0.25) is 4.68 Å². The van der Waals surface area contributed by atoms with Crippen LogP contribution in [0, 0.1) is 0 Å². The first-order valence-corrected chi connectivity index (χ1v) is 6.07. The molecule has 0 aliphatic rings. The fourth-order valence-electron chi connectivity index (χ4n) is 1.92. The molecule has 0 spiro atoms. The van der Waals surface area contributed by atoms with Gasteiger partial charge in [-0.1, -0.05) is 30.7 Å².